The number of nitrogens with two attached hydrogens (primary N) is 1. The van der Waals surface area contributed by atoms with Crippen LogP contribution in [0.15, 0.2) is 18.6 Å². The molecule has 0 bridgehead atoms. The van der Waals surface area contributed by atoms with Crippen molar-refractivity contribution >= 4 is 16.9 Å². The van der Waals surface area contributed by atoms with Crippen molar-refractivity contribution in [3.63, 3.8) is 0 Å². The van der Waals surface area contributed by atoms with Gasteiger partial charge in [-0.15, -0.1) is 0 Å². The number of aromatic nitrogens is 3. The van der Waals surface area contributed by atoms with E-state index in [1.807, 2.05) is 0 Å². The van der Waals surface area contributed by atoms with E-state index in [2.05, 4.69) is 9.97 Å². The number of hydrogen-bond donors (Lipinski definition) is 5. The van der Waals surface area contributed by atoms with E-state index in [-0.39, 0.29) is 5.82 Å². The van der Waals surface area contributed by atoms with Crippen molar-refractivity contribution in [3.05, 3.63) is 18.6 Å². The fourth-order valence-corrected chi connectivity index (χ4v) is 2.63. The largest absolute Gasteiger partial charge is 0.394 e. The first-order chi connectivity index (χ1) is 10.0. The van der Waals surface area contributed by atoms with E-state index >= 15 is 0 Å². The van der Waals surface area contributed by atoms with Crippen LogP contribution in [0.5, 0.6) is 0 Å². The van der Waals surface area contributed by atoms with Gasteiger partial charge < -0.3 is 35.5 Å². The van der Waals surface area contributed by atoms with Crippen molar-refractivity contribution in [2.75, 3.05) is 18.9 Å². The van der Waals surface area contributed by atoms with Gasteiger partial charge in [-0.05, 0) is 6.07 Å². The zero-order valence-corrected chi connectivity index (χ0v) is 11.0. The molecule has 6 N–H and O–H groups in total. The van der Waals surface area contributed by atoms with Crippen molar-refractivity contribution in [1.29, 1.82) is 0 Å². The zero-order valence-electron chi connectivity index (χ0n) is 11.0. The molecule has 1 saturated heterocycles. The fourth-order valence-electron chi connectivity index (χ4n) is 2.63. The van der Waals surface area contributed by atoms with E-state index < -0.39 is 37.3 Å². The predicted molar refractivity (Wildman–Crippen MR) is 71.0 cm³/mol. The third-order valence-corrected chi connectivity index (χ3v) is 3.82. The van der Waals surface area contributed by atoms with E-state index in [1.54, 1.807) is 12.3 Å². The Kier molecular flexibility index (Phi) is 3.30. The lowest BCUT2D eigenvalue weighted by atomic mass is 9.95. The Balaban J connectivity index is 2.11. The number of anilines is 1. The Bertz CT molecular complexity index is 662. The maximum atomic E-state index is 10.5. The molecule has 0 spiro atoms. The number of rotatable bonds is 3. The van der Waals surface area contributed by atoms with Gasteiger partial charge in [-0.2, -0.15) is 0 Å². The molecule has 21 heavy (non-hydrogen) atoms. The highest BCUT2D eigenvalue weighted by Gasteiger charge is 2.56. The summed E-state index contributed by atoms with van der Waals surface area (Å²) in [4.78, 5) is 7.94. The molecule has 114 valence electrons. The molecule has 2 aromatic heterocycles. The van der Waals surface area contributed by atoms with Gasteiger partial charge in [0.25, 0.3) is 0 Å². The maximum Gasteiger partial charge on any atom is 0.169 e. The van der Waals surface area contributed by atoms with Gasteiger partial charge >= 0.3 is 0 Å². The van der Waals surface area contributed by atoms with Crippen LogP contribution in [0.2, 0.25) is 0 Å². The van der Waals surface area contributed by atoms with Gasteiger partial charge in [0, 0.05) is 6.20 Å². The Labute approximate surface area is 119 Å². The molecule has 9 heteroatoms. The lowest BCUT2D eigenvalue weighted by Crippen LogP contribution is -2.49. The summed E-state index contributed by atoms with van der Waals surface area (Å²) >= 11 is 0. The van der Waals surface area contributed by atoms with Crippen LogP contribution in [-0.4, -0.2) is 66.0 Å². The van der Waals surface area contributed by atoms with E-state index in [0.717, 1.165) is 0 Å². The second kappa shape index (κ2) is 4.90. The van der Waals surface area contributed by atoms with Crippen molar-refractivity contribution < 1.29 is 25.2 Å². The summed E-state index contributed by atoms with van der Waals surface area (Å²) in [5.41, 5.74) is 4.18. The van der Waals surface area contributed by atoms with Gasteiger partial charge in [-0.25, -0.2) is 9.97 Å². The van der Waals surface area contributed by atoms with Crippen LogP contribution in [0.4, 0.5) is 5.82 Å². The summed E-state index contributed by atoms with van der Waals surface area (Å²) in [7, 11) is 0. The van der Waals surface area contributed by atoms with Crippen LogP contribution in [-0.2, 0) is 4.74 Å². The molecule has 4 atom stereocenters. The first kappa shape index (κ1) is 14.2. The molecule has 0 saturated carbocycles. The molecule has 0 aliphatic carbocycles. The first-order valence-corrected chi connectivity index (χ1v) is 6.37. The summed E-state index contributed by atoms with van der Waals surface area (Å²) in [6.45, 7) is -1.23. The van der Waals surface area contributed by atoms with Crippen LogP contribution >= 0.6 is 0 Å². The third kappa shape index (κ3) is 1.90. The Hall–Kier alpha value is -1.78. The Morgan fingerprint density at radius 2 is 2.14 bits per heavy atom. The summed E-state index contributed by atoms with van der Waals surface area (Å²) in [5.74, 6) is 0.267. The second-order valence-electron chi connectivity index (χ2n) is 5.02. The maximum absolute atomic E-state index is 10.5. The minimum atomic E-state index is -1.96. The lowest BCUT2D eigenvalue weighted by molar-refractivity contribution is -0.132. The smallest absolute Gasteiger partial charge is 0.169 e. The second-order valence-corrected chi connectivity index (χ2v) is 5.02. The third-order valence-electron chi connectivity index (χ3n) is 3.82. The molecule has 3 rings (SSSR count). The van der Waals surface area contributed by atoms with E-state index in [1.165, 1.54) is 10.9 Å². The molecular weight excluding hydrogens is 280 g/mol. The van der Waals surface area contributed by atoms with Gasteiger partial charge in [-0.3, -0.25) is 0 Å². The number of fused-ring (bicyclic) bond motifs is 1. The Morgan fingerprint density at radius 3 is 2.81 bits per heavy atom. The van der Waals surface area contributed by atoms with Crippen molar-refractivity contribution in [2.24, 2.45) is 0 Å². The number of ether oxygens (including phenoxy) is 1. The number of aliphatic hydroxyl groups is 4. The first-order valence-electron chi connectivity index (χ1n) is 6.37. The monoisotopic (exact) mass is 296 g/mol. The predicted octanol–water partition coefficient (Wildman–Crippen LogP) is -2.01. The minimum Gasteiger partial charge on any atom is -0.394 e. The average Bonchev–Trinajstić information content (AvgIpc) is 3.01. The standard InChI is InChI=1S/C12H16N4O5/c13-9-6-1-2-16(10(6)15-5-14-9)11-12(20,4-18)8(19)7(3-17)21-11/h1-2,5,7-8,11,17-20H,3-4H2,(H2,13,14,15)/t7-,8?,11-,12-/m1/s1. The number of nitrogen functional groups attached to an aromatic ring is 1. The van der Waals surface area contributed by atoms with Crippen LogP contribution in [0.3, 0.4) is 0 Å². The number of nitrogens with zero attached hydrogens (tertiary/aromatic N) is 3. The van der Waals surface area contributed by atoms with Gasteiger partial charge in [0.05, 0.1) is 18.6 Å². The summed E-state index contributed by atoms with van der Waals surface area (Å²) in [6, 6.07) is 1.64. The van der Waals surface area contributed by atoms with E-state index in [9.17, 15) is 20.4 Å². The van der Waals surface area contributed by atoms with Crippen molar-refractivity contribution in [3.8, 4) is 0 Å². The molecule has 3 heterocycles. The molecular formula is C12H16N4O5. The SMILES string of the molecule is Nc1ncnc2c1ccn2[C@@H]1O[C@H](CO)C(O)[C@]1(O)CO. The summed E-state index contributed by atoms with van der Waals surface area (Å²) in [5, 5.41) is 39.8. The van der Waals surface area contributed by atoms with Crippen LogP contribution < -0.4 is 5.73 Å². The number of hydrogen-bond acceptors (Lipinski definition) is 8. The quantitative estimate of drug-likeness (QED) is 0.436. The van der Waals surface area contributed by atoms with Gasteiger partial charge in [0.1, 0.15) is 30.0 Å². The van der Waals surface area contributed by atoms with Gasteiger partial charge in [0.2, 0.25) is 0 Å². The fraction of sp³-hybridized carbons (Fsp3) is 0.500. The van der Waals surface area contributed by atoms with Gasteiger partial charge in [-0.1, -0.05) is 0 Å². The zero-order chi connectivity index (χ0) is 15.2. The minimum absolute atomic E-state index is 0.267. The van der Waals surface area contributed by atoms with Crippen LogP contribution in [0.1, 0.15) is 6.23 Å². The molecule has 1 aliphatic heterocycles. The summed E-state index contributed by atoms with van der Waals surface area (Å²) < 4.78 is 6.92. The molecule has 0 aromatic carbocycles. The van der Waals surface area contributed by atoms with Crippen molar-refractivity contribution in [2.45, 2.75) is 24.0 Å². The average molecular weight is 296 g/mol. The molecule has 1 unspecified atom stereocenters. The Morgan fingerprint density at radius 1 is 1.38 bits per heavy atom. The molecule has 1 aliphatic rings. The highest BCUT2D eigenvalue weighted by Crippen LogP contribution is 2.39. The topological polar surface area (TPSA) is 147 Å². The highest BCUT2D eigenvalue weighted by molar-refractivity contribution is 5.86. The van der Waals surface area contributed by atoms with E-state index in [0.29, 0.717) is 11.0 Å². The summed E-state index contributed by atoms with van der Waals surface area (Å²) in [6.07, 6.45) is -0.728. The lowest BCUT2D eigenvalue weighted by Gasteiger charge is -2.29. The van der Waals surface area contributed by atoms with Crippen molar-refractivity contribution in [1.82, 2.24) is 14.5 Å². The van der Waals surface area contributed by atoms with Gasteiger partial charge in [0.15, 0.2) is 11.8 Å². The molecule has 1 fully saturated rings. The molecule has 0 radical (unpaired) electrons. The molecule has 0 amide bonds. The van der Waals surface area contributed by atoms with Crippen LogP contribution in [0, 0.1) is 0 Å². The molecule has 9 nitrogen and oxygen atoms in total. The van der Waals surface area contributed by atoms with E-state index in [4.69, 9.17) is 10.5 Å². The molecule has 2 aromatic rings. The normalized spacial score (nSPS) is 32.9. The number of aliphatic hydroxyl groups excluding tert-OH is 3. The van der Waals surface area contributed by atoms with Crippen LogP contribution in [0.25, 0.3) is 11.0 Å². The highest BCUT2D eigenvalue weighted by atomic mass is 16.6.